The Balaban J connectivity index is 1.63. The molecule has 4 rings (SSSR count). The number of rotatable bonds is 8. The van der Waals surface area contributed by atoms with Gasteiger partial charge in [0, 0.05) is 24.2 Å². The topological polar surface area (TPSA) is 186 Å². The predicted octanol–water partition coefficient (Wildman–Crippen LogP) is 0.874. The van der Waals surface area contributed by atoms with E-state index in [2.05, 4.69) is 15.6 Å². The molecule has 2 heterocycles. The number of hydrogen-bond acceptors (Lipinski definition) is 12. The van der Waals surface area contributed by atoms with Gasteiger partial charge in [-0.05, 0) is 42.5 Å². The summed E-state index contributed by atoms with van der Waals surface area (Å²) in [4.78, 5) is 40.6. The Morgan fingerprint density at radius 2 is 1.70 bits per heavy atom. The molecule has 2 aromatic carbocycles. The number of anilines is 2. The minimum absolute atomic E-state index is 0.133. The van der Waals surface area contributed by atoms with E-state index in [9.17, 15) is 29.7 Å². The second kappa shape index (κ2) is 12.3. The first-order valence-corrected chi connectivity index (χ1v) is 12.2. The number of amides is 1. The van der Waals surface area contributed by atoms with Crippen molar-refractivity contribution in [3.63, 3.8) is 0 Å². The van der Waals surface area contributed by atoms with E-state index in [1.807, 2.05) is 0 Å². The highest BCUT2D eigenvalue weighted by molar-refractivity contribution is 6.07. The van der Waals surface area contributed by atoms with Gasteiger partial charge in [-0.25, -0.2) is 9.59 Å². The van der Waals surface area contributed by atoms with Crippen molar-refractivity contribution in [3.05, 3.63) is 59.8 Å². The number of pyridine rings is 1. The second-order valence-electron chi connectivity index (χ2n) is 8.96. The van der Waals surface area contributed by atoms with Crippen LogP contribution in [0.1, 0.15) is 27.6 Å². The molecule has 0 aliphatic carbocycles. The summed E-state index contributed by atoms with van der Waals surface area (Å²) in [7, 11) is 2.51. The third-order valence-corrected chi connectivity index (χ3v) is 6.32. The third-order valence-electron chi connectivity index (χ3n) is 6.32. The number of aliphatic hydroxyl groups is 3. The molecule has 0 radical (unpaired) electrons. The SMILES string of the molecule is COC(=O)c1ccc2ncc(C(=O)OC)c(Nc3ccc(O[C@H]4O[C@@H](CO)[C@@H](O)[C@@H](O)[C@@H]4NC(C)=O)cc3)c2c1. The molecular formula is C27H29N3O10. The lowest BCUT2D eigenvalue weighted by atomic mass is 9.97. The first kappa shape index (κ1) is 28.7. The van der Waals surface area contributed by atoms with Crippen molar-refractivity contribution in [2.45, 2.75) is 37.6 Å². The monoisotopic (exact) mass is 555 g/mol. The van der Waals surface area contributed by atoms with Gasteiger partial charge < -0.3 is 44.9 Å². The normalized spacial score (nSPS) is 22.3. The molecule has 13 nitrogen and oxygen atoms in total. The number of hydrogen-bond donors (Lipinski definition) is 5. The van der Waals surface area contributed by atoms with Gasteiger partial charge in [-0.15, -0.1) is 0 Å². The molecule has 1 fully saturated rings. The molecule has 13 heteroatoms. The van der Waals surface area contributed by atoms with E-state index in [0.717, 1.165) is 0 Å². The lowest BCUT2D eigenvalue weighted by Gasteiger charge is -2.42. The Bertz CT molecular complexity index is 1390. The average molecular weight is 556 g/mol. The summed E-state index contributed by atoms with van der Waals surface area (Å²) in [5, 5.41) is 36.3. The van der Waals surface area contributed by atoms with Crippen molar-refractivity contribution >= 4 is 40.1 Å². The molecule has 3 aromatic rings. The molecule has 0 saturated carbocycles. The maximum Gasteiger partial charge on any atom is 0.341 e. The van der Waals surface area contributed by atoms with Gasteiger partial charge in [-0.1, -0.05) is 0 Å². The minimum atomic E-state index is -1.45. The van der Waals surface area contributed by atoms with Crippen molar-refractivity contribution < 1.29 is 48.7 Å². The van der Waals surface area contributed by atoms with Gasteiger partial charge in [0.25, 0.3) is 0 Å². The number of nitrogens with zero attached hydrogens (tertiary/aromatic N) is 1. The van der Waals surface area contributed by atoms with E-state index in [1.165, 1.54) is 27.3 Å². The molecule has 5 N–H and O–H groups in total. The van der Waals surface area contributed by atoms with Crippen molar-refractivity contribution in [2.24, 2.45) is 0 Å². The van der Waals surface area contributed by atoms with Crippen LogP contribution in [0.5, 0.6) is 5.75 Å². The number of carbonyl (C=O) groups excluding carboxylic acids is 3. The van der Waals surface area contributed by atoms with Crippen LogP contribution in [0, 0.1) is 0 Å². The van der Waals surface area contributed by atoms with Gasteiger partial charge >= 0.3 is 11.9 Å². The van der Waals surface area contributed by atoms with Crippen LogP contribution in [0.2, 0.25) is 0 Å². The minimum Gasteiger partial charge on any atom is -0.465 e. The van der Waals surface area contributed by atoms with Crippen molar-refractivity contribution in [1.29, 1.82) is 0 Å². The largest absolute Gasteiger partial charge is 0.465 e. The van der Waals surface area contributed by atoms with Gasteiger partial charge in [0.1, 0.15) is 35.7 Å². The summed E-state index contributed by atoms with van der Waals surface area (Å²) >= 11 is 0. The molecule has 212 valence electrons. The Morgan fingerprint density at radius 3 is 2.33 bits per heavy atom. The lowest BCUT2D eigenvalue weighted by Crippen LogP contribution is -2.65. The highest BCUT2D eigenvalue weighted by atomic mass is 16.7. The highest BCUT2D eigenvalue weighted by Crippen LogP contribution is 2.32. The van der Waals surface area contributed by atoms with E-state index < -0.39 is 55.1 Å². The summed E-state index contributed by atoms with van der Waals surface area (Å²) in [5.74, 6) is -1.39. The predicted molar refractivity (Wildman–Crippen MR) is 140 cm³/mol. The number of carbonyl (C=O) groups is 3. The molecule has 0 unspecified atom stereocenters. The van der Waals surface area contributed by atoms with Gasteiger partial charge in [-0.2, -0.15) is 0 Å². The molecule has 0 spiro atoms. The molecule has 40 heavy (non-hydrogen) atoms. The van der Waals surface area contributed by atoms with E-state index in [-0.39, 0.29) is 16.9 Å². The second-order valence-corrected chi connectivity index (χ2v) is 8.96. The Hall–Kier alpha value is -4.30. The standard InChI is InChI=1S/C27H29N3O10/c1-13(32)29-22-24(34)23(33)20(12-31)40-27(22)39-16-7-5-15(6-8-16)30-21-17-10-14(25(35)37-2)4-9-19(17)28-11-18(21)26(36)38-3/h4-11,20,22-24,27,31,33-34H,12H2,1-3H3,(H,28,30)(H,29,32)/t20-,22-,23+,24-,27-/m0/s1. The maximum atomic E-state index is 12.5. The number of aliphatic hydroxyl groups excluding tert-OH is 3. The fraction of sp³-hybridized carbons (Fsp3) is 0.333. The number of aromatic nitrogens is 1. The van der Waals surface area contributed by atoms with Crippen LogP contribution in [-0.4, -0.2) is 89.6 Å². The third kappa shape index (κ3) is 5.97. The molecule has 1 amide bonds. The Labute approximate surface area is 228 Å². The number of fused-ring (bicyclic) bond motifs is 1. The molecule has 1 aliphatic rings. The van der Waals surface area contributed by atoms with Crippen LogP contribution >= 0.6 is 0 Å². The quantitative estimate of drug-likeness (QED) is 0.247. The number of nitrogens with one attached hydrogen (secondary N) is 2. The first-order chi connectivity index (χ1) is 19.2. The molecular weight excluding hydrogens is 526 g/mol. The zero-order chi connectivity index (χ0) is 29.0. The molecule has 1 aromatic heterocycles. The van der Waals surface area contributed by atoms with Crippen molar-refractivity contribution in [3.8, 4) is 5.75 Å². The van der Waals surface area contributed by atoms with E-state index in [1.54, 1.807) is 42.5 Å². The number of methoxy groups -OCH3 is 2. The zero-order valence-electron chi connectivity index (χ0n) is 21.9. The van der Waals surface area contributed by atoms with E-state index >= 15 is 0 Å². The van der Waals surface area contributed by atoms with Crippen LogP contribution in [-0.2, 0) is 19.0 Å². The zero-order valence-corrected chi connectivity index (χ0v) is 21.9. The average Bonchev–Trinajstić information content (AvgIpc) is 2.96. The Kier molecular flexibility index (Phi) is 8.80. The lowest BCUT2D eigenvalue weighted by molar-refractivity contribution is -0.244. The smallest absolute Gasteiger partial charge is 0.341 e. The van der Waals surface area contributed by atoms with Crippen molar-refractivity contribution in [1.82, 2.24) is 10.3 Å². The van der Waals surface area contributed by atoms with Crippen LogP contribution in [0.4, 0.5) is 11.4 Å². The number of esters is 2. The fourth-order valence-electron chi connectivity index (χ4n) is 4.30. The summed E-state index contributed by atoms with van der Waals surface area (Å²) in [6, 6.07) is 10.1. The summed E-state index contributed by atoms with van der Waals surface area (Å²) in [5.41, 5.74) is 1.79. The number of benzene rings is 2. The first-order valence-electron chi connectivity index (χ1n) is 12.2. The Morgan fingerprint density at radius 1 is 1.00 bits per heavy atom. The number of ether oxygens (including phenoxy) is 4. The van der Waals surface area contributed by atoms with Crippen LogP contribution in [0.15, 0.2) is 48.7 Å². The van der Waals surface area contributed by atoms with Gasteiger partial charge in [0.2, 0.25) is 12.2 Å². The molecule has 1 aliphatic heterocycles. The van der Waals surface area contributed by atoms with Gasteiger partial charge in [0.05, 0.1) is 37.6 Å². The maximum absolute atomic E-state index is 12.5. The van der Waals surface area contributed by atoms with Crippen molar-refractivity contribution in [2.75, 3.05) is 26.1 Å². The molecule has 1 saturated heterocycles. The summed E-state index contributed by atoms with van der Waals surface area (Å²) in [6.07, 6.45) is -3.87. The summed E-state index contributed by atoms with van der Waals surface area (Å²) in [6.45, 7) is 0.669. The van der Waals surface area contributed by atoms with Gasteiger partial charge in [-0.3, -0.25) is 9.78 Å². The van der Waals surface area contributed by atoms with E-state index in [0.29, 0.717) is 22.3 Å². The van der Waals surface area contributed by atoms with Gasteiger partial charge in [0.15, 0.2) is 0 Å². The summed E-state index contributed by atoms with van der Waals surface area (Å²) < 4.78 is 21.2. The van der Waals surface area contributed by atoms with Crippen LogP contribution in [0.3, 0.4) is 0 Å². The van der Waals surface area contributed by atoms with Crippen LogP contribution in [0.25, 0.3) is 10.9 Å². The highest BCUT2D eigenvalue weighted by Gasteiger charge is 2.46. The van der Waals surface area contributed by atoms with E-state index in [4.69, 9.17) is 18.9 Å². The fourth-order valence-corrected chi connectivity index (χ4v) is 4.30. The molecule has 0 bridgehead atoms. The van der Waals surface area contributed by atoms with Crippen LogP contribution < -0.4 is 15.4 Å². The molecule has 5 atom stereocenters.